The van der Waals surface area contributed by atoms with Gasteiger partial charge in [-0.05, 0) is 31.6 Å². The standard InChI is InChI=1S/C23H38N2O6/c1-13(2)8-9-16-22(5,31-16)19-18(28-7)15(10-11-23(19)12-29-23)30-21(27)25-17(14(3)4)20(26)24-6/h8-9,13-19H,10-12H2,1-7H3,(H,24,26)(H,25,27)/t15-,16-,17?,18-,19?,22?,23+/m1/s1. The van der Waals surface area contributed by atoms with E-state index in [1.54, 1.807) is 14.2 Å². The number of allylic oxidation sites excluding steroid dienone is 1. The Morgan fingerprint density at radius 2 is 1.90 bits per heavy atom. The predicted molar refractivity (Wildman–Crippen MR) is 116 cm³/mol. The highest BCUT2D eigenvalue weighted by Gasteiger charge is 2.72. The summed E-state index contributed by atoms with van der Waals surface area (Å²) in [5, 5.41) is 5.28. The summed E-state index contributed by atoms with van der Waals surface area (Å²) in [5.74, 6) is 0.0670. The van der Waals surface area contributed by atoms with Crippen LogP contribution in [-0.4, -0.2) is 68.3 Å². The Balaban J connectivity index is 1.72. The Kier molecular flexibility index (Phi) is 7.03. The van der Waals surface area contributed by atoms with Crippen LogP contribution in [0.3, 0.4) is 0 Å². The molecule has 0 bridgehead atoms. The molecule has 3 fully saturated rings. The fourth-order valence-corrected chi connectivity index (χ4v) is 4.93. The van der Waals surface area contributed by atoms with Gasteiger partial charge in [-0.15, -0.1) is 0 Å². The summed E-state index contributed by atoms with van der Waals surface area (Å²) in [6.45, 7) is 10.8. The summed E-state index contributed by atoms with van der Waals surface area (Å²) in [7, 11) is 3.19. The third-order valence-electron chi connectivity index (χ3n) is 6.81. The molecule has 31 heavy (non-hydrogen) atoms. The smallest absolute Gasteiger partial charge is 0.408 e. The molecule has 2 heterocycles. The monoisotopic (exact) mass is 438 g/mol. The first-order valence-corrected chi connectivity index (χ1v) is 11.3. The number of nitrogens with one attached hydrogen (secondary N) is 2. The fraction of sp³-hybridized carbons (Fsp3) is 0.826. The fourth-order valence-electron chi connectivity index (χ4n) is 4.93. The molecule has 2 saturated heterocycles. The van der Waals surface area contributed by atoms with Gasteiger partial charge in [-0.3, -0.25) is 4.79 Å². The minimum absolute atomic E-state index is 0.00947. The van der Waals surface area contributed by atoms with E-state index in [0.29, 0.717) is 18.9 Å². The van der Waals surface area contributed by atoms with Gasteiger partial charge in [0, 0.05) is 14.2 Å². The van der Waals surface area contributed by atoms with Gasteiger partial charge in [-0.2, -0.15) is 0 Å². The number of epoxide rings is 2. The van der Waals surface area contributed by atoms with E-state index in [1.165, 1.54) is 0 Å². The molecule has 3 aliphatic rings. The molecule has 176 valence electrons. The van der Waals surface area contributed by atoms with Gasteiger partial charge in [0.05, 0.1) is 12.5 Å². The summed E-state index contributed by atoms with van der Waals surface area (Å²) >= 11 is 0. The van der Waals surface area contributed by atoms with Crippen LogP contribution in [0, 0.1) is 17.8 Å². The van der Waals surface area contributed by atoms with Crippen molar-refractivity contribution in [2.75, 3.05) is 20.8 Å². The van der Waals surface area contributed by atoms with Crippen molar-refractivity contribution in [3.63, 3.8) is 0 Å². The van der Waals surface area contributed by atoms with E-state index in [1.807, 2.05) is 13.8 Å². The van der Waals surface area contributed by atoms with Gasteiger partial charge in [0.25, 0.3) is 0 Å². The molecule has 2 aliphatic heterocycles. The van der Waals surface area contributed by atoms with Gasteiger partial charge in [-0.25, -0.2) is 4.79 Å². The van der Waals surface area contributed by atoms with E-state index in [4.69, 9.17) is 18.9 Å². The summed E-state index contributed by atoms with van der Waals surface area (Å²) in [6, 6.07) is -0.661. The Morgan fingerprint density at radius 1 is 1.23 bits per heavy atom. The number of likely N-dealkylation sites (N-methyl/N-ethyl adjacent to an activating group) is 1. The number of amides is 2. The summed E-state index contributed by atoms with van der Waals surface area (Å²) < 4.78 is 23.7. The number of alkyl carbamates (subject to hydrolysis) is 1. The quantitative estimate of drug-likeness (QED) is 0.446. The van der Waals surface area contributed by atoms with E-state index in [-0.39, 0.29) is 35.6 Å². The van der Waals surface area contributed by atoms with Crippen LogP contribution in [-0.2, 0) is 23.7 Å². The molecule has 1 spiro atoms. The molecule has 2 amide bonds. The van der Waals surface area contributed by atoms with Crippen molar-refractivity contribution in [3.8, 4) is 0 Å². The topological polar surface area (TPSA) is 102 Å². The lowest BCUT2D eigenvalue weighted by Gasteiger charge is -2.42. The van der Waals surface area contributed by atoms with Crippen molar-refractivity contribution < 1.29 is 28.5 Å². The average molecular weight is 439 g/mol. The summed E-state index contributed by atoms with van der Waals surface area (Å²) in [4.78, 5) is 24.7. The van der Waals surface area contributed by atoms with Crippen LogP contribution in [0.2, 0.25) is 0 Å². The normalized spacial score (nSPS) is 37.8. The molecular weight excluding hydrogens is 400 g/mol. The zero-order chi connectivity index (χ0) is 23.0. The van der Waals surface area contributed by atoms with Gasteiger partial charge >= 0.3 is 6.09 Å². The summed E-state index contributed by atoms with van der Waals surface area (Å²) in [6.07, 6.45) is 4.24. The number of hydrogen-bond donors (Lipinski definition) is 2. The molecule has 0 aromatic heterocycles. The molecule has 3 unspecified atom stereocenters. The molecule has 1 saturated carbocycles. The number of ether oxygens (including phenoxy) is 4. The molecule has 0 radical (unpaired) electrons. The minimum Gasteiger partial charge on any atom is -0.443 e. The lowest BCUT2D eigenvalue weighted by molar-refractivity contribution is -0.125. The first-order valence-electron chi connectivity index (χ1n) is 11.3. The van der Waals surface area contributed by atoms with Crippen molar-refractivity contribution in [2.24, 2.45) is 17.8 Å². The molecule has 1 aliphatic carbocycles. The zero-order valence-corrected chi connectivity index (χ0v) is 19.8. The van der Waals surface area contributed by atoms with Crippen LogP contribution in [0.5, 0.6) is 0 Å². The van der Waals surface area contributed by atoms with E-state index >= 15 is 0 Å². The average Bonchev–Trinajstić information content (AvgIpc) is 3.62. The highest BCUT2D eigenvalue weighted by Crippen LogP contribution is 2.59. The molecule has 0 aromatic carbocycles. The maximum Gasteiger partial charge on any atom is 0.408 e. The predicted octanol–water partition coefficient (Wildman–Crippen LogP) is 2.42. The maximum atomic E-state index is 12.7. The third kappa shape index (κ3) is 4.91. The molecular formula is C23H38N2O6. The highest BCUT2D eigenvalue weighted by atomic mass is 16.6. The number of carbonyl (C=O) groups is 2. The van der Waals surface area contributed by atoms with Gasteiger partial charge in [0.1, 0.15) is 35.6 Å². The third-order valence-corrected chi connectivity index (χ3v) is 6.81. The first kappa shape index (κ1) is 24.0. The summed E-state index contributed by atoms with van der Waals surface area (Å²) in [5.41, 5.74) is -0.710. The number of carbonyl (C=O) groups excluding carboxylic acids is 2. The minimum atomic E-state index is -0.661. The Morgan fingerprint density at radius 3 is 2.42 bits per heavy atom. The van der Waals surface area contributed by atoms with E-state index in [2.05, 4.69) is 43.6 Å². The van der Waals surface area contributed by atoms with Gasteiger partial charge in [-0.1, -0.05) is 39.8 Å². The Hall–Kier alpha value is -1.64. The molecule has 8 heteroatoms. The van der Waals surface area contributed by atoms with E-state index in [0.717, 1.165) is 6.42 Å². The second-order valence-electron chi connectivity index (χ2n) is 9.85. The van der Waals surface area contributed by atoms with Crippen molar-refractivity contribution in [2.45, 2.75) is 83.0 Å². The van der Waals surface area contributed by atoms with Gasteiger partial charge in [0.15, 0.2) is 0 Å². The van der Waals surface area contributed by atoms with E-state index < -0.39 is 23.8 Å². The number of methoxy groups -OCH3 is 1. The first-order chi connectivity index (χ1) is 14.6. The molecule has 7 atom stereocenters. The second-order valence-corrected chi connectivity index (χ2v) is 9.85. The van der Waals surface area contributed by atoms with Crippen LogP contribution in [0.4, 0.5) is 4.79 Å². The molecule has 2 N–H and O–H groups in total. The SMILES string of the molecule is CNC(=O)C(NC(=O)O[C@@H]1CC[C@]2(CO2)C(C2(C)O[C@@H]2C=CC(C)C)[C@@H]1OC)C(C)C. The molecule has 0 aromatic rings. The van der Waals surface area contributed by atoms with Crippen LogP contribution < -0.4 is 10.6 Å². The Labute approximate surface area is 185 Å². The van der Waals surface area contributed by atoms with Crippen molar-refractivity contribution in [1.82, 2.24) is 10.6 Å². The zero-order valence-electron chi connectivity index (χ0n) is 19.8. The lowest BCUT2D eigenvalue weighted by Crippen LogP contribution is -2.57. The van der Waals surface area contributed by atoms with Crippen molar-refractivity contribution in [1.29, 1.82) is 0 Å². The van der Waals surface area contributed by atoms with E-state index in [9.17, 15) is 9.59 Å². The van der Waals surface area contributed by atoms with Crippen LogP contribution in [0.25, 0.3) is 0 Å². The van der Waals surface area contributed by atoms with Crippen LogP contribution in [0.1, 0.15) is 47.5 Å². The van der Waals surface area contributed by atoms with Crippen molar-refractivity contribution >= 4 is 12.0 Å². The van der Waals surface area contributed by atoms with Crippen LogP contribution >= 0.6 is 0 Å². The number of rotatable bonds is 8. The molecule has 3 rings (SSSR count). The lowest BCUT2D eigenvalue weighted by atomic mass is 9.68. The Bertz CT molecular complexity index is 704. The largest absolute Gasteiger partial charge is 0.443 e. The van der Waals surface area contributed by atoms with Crippen molar-refractivity contribution in [3.05, 3.63) is 12.2 Å². The second kappa shape index (κ2) is 9.08. The number of hydrogen-bond acceptors (Lipinski definition) is 6. The maximum absolute atomic E-state index is 12.7. The highest BCUT2D eigenvalue weighted by molar-refractivity contribution is 5.85. The van der Waals surface area contributed by atoms with Gasteiger partial charge in [0.2, 0.25) is 5.91 Å². The molecule has 8 nitrogen and oxygen atoms in total. The van der Waals surface area contributed by atoms with Gasteiger partial charge < -0.3 is 29.6 Å². The van der Waals surface area contributed by atoms with Crippen LogP contribution in [0.15, 0.2) is 12.2 Å².